The van der Waals surface area contributed by atoms with E-state index >= 15 is 0 Å². The number of carbonyl (C=O) groups excluding carboxylic acids is 2. The Morgan fingerprint density at radius 1 is 1.50 bits per heavy atom. The topological polar surface area (TPSA) is 55.4 Å². The third-order valence-electron chi connectivity index (χ3n) is 1.70. The maximum absolute atomic E-state index is 10.9. The molecule has 1 atom stereocenters. The number of ether oxygens (including phenoxy) is 1. The molecule has 0 aromatic heterocycles. The van der Waals surface area contributed by atoms with Crippen LogP contribution in [0.4, 0.5) is 0 Å². The summed E-state index contributed by atoms with van der Waals surface area (Å²) >= 11 is 0. The van der Waals surface area contributed by atoms with Gasteiger partial charge >= 0.3 is 5.97 Å². The van der Waals surface area contributed by atoms with E-state index in [1.807, 2.05) is 0 Å². The lowest BCUT2D eigenvalue weighted by Gasteiger charge is -2.07. The molecule has 0 aliphatic rings. The lowest BCUT2D eigenvalue weighted by molar-refractivity contribution is -0.141. The van der Waals surface area contributed by atoms with Gasteiger partial charge in [0.15, 0.2) is 0 Å². The molecule has 1 N–H and O–H groups in total. The summed E-state index contributed by atoms with van der Waals surface area (Å²) in [7, 11) is 2.92. The van der Waals surface area contributed by atoms with Gasteiger partial charge in [-0.3, -0.25) is 9.59 Å². The number of esters is 1. The Morgan fingerprint density at radius 3 is 2.50 bits per heavy atom. The predicted molar refractivity (Wildman–Crippen MR) is 44.5 cm³/mol. The predicted octanol–water partition coefficient (Wildman–Crippen LogP) is 0.322. The van der Waals surface area contributed by atoms with Gasteiger partial charge in [-0.15, -0.1) is 0 Å². The SMILES string of the molecule is CNC(=O)C(C)CCC(=O)OC. The second-order valence-corrected chi connectivity index (χ2v) is 2.63. The van der Waals surface area contributed by atoms with Gasteiger partial charge in [-0.05, 0) is 6.42 Å². The molecular weight excluding hydrogens is 158 g/mol. The molecule has 1 amide bonds. The molecule has 0 saturated carbocycles. The van der Waals surface area contributed by atoms with Gasteiger partial charge in [0, 0.05) is 19.4 Å². The van der Waals surface area contributed by atoms with Crippen molar-refractivity contribution in [3.8, 4) is 0 Å². The molecule has 1 unspecified atom stereocenters. The Kier molecular flexibility index (Phi) is 5.08. The molecule has 0 saturated heterocycles. The zero-order chi connectivity index (χ0) is 9.56. The number of methoxy groups -OCH3 is 1. The summed E-state index contributed by atoms with van der Waals surface area (Å²) in [5.41, 5.74) is 0. The van der Waals surface area contributed by atoms with E-state index in [2.05, 4.69) is 10.1 Å². The normalized spacial score (nSPS) is 11.9. The van der Waals surface area contributed by atoms with Crippen molar-refractivity contribution < 1.29 is 14.3 Å². The summed E-state index contributed by atoms with van der Waals surface area (Å²) in [5.74, 6) is -0.446. The van der Waals surface area contributed by atoms with Crippen molar-refractivity contribution in [2.24, 2.45) is 5.92 Å². The van der Waals surface area contributed by atoms with Crippen molar-refractivity contribution >= 4 is 11.9 Å². The quantitative estimate of drug-likeness (QED) is 0.623. The van der Waals surface area contributed by atoms with E-state index in [-0.39, 0.29) is 17.8 Å². The second kappa shape index (κ2) is 5.57. The molecule has 12 heavy (non-hydrogen) atoms. The summed E-state index contributed by atoms with van der Waals surface area (Å²) in [5, 5.41) is 2.52. The molecule has 70 valence electrons. The first-order valence-corrected chi connectivity index (χ1v) is 3.90. The maximum atomic E-state index is 10.9. The minimum Gasteiger partial charge on any atom is -0.469 e. The van der Waals surface area contributed by atoms with E-state index in [9.17, 15) is 9.59 Å². The van der Waals surface area contributed by atoms with Gasteiger partial charge < -0.3 is 10.1 Å². The van der Waals surface area contributed by atoms with Crippen molar-refractivity contribution in [3.05, 3.63) is 0 Å². The van der Waals surface area contributed by atoms with Crippen molar-refractivity contribution in [2.45, 2.75) is 19.8 Å². The molecule has 0 heterocycles. The van der Waals surface area contributed by atoms with Crippen molar-refractivity contribution in [1.29, 1.82) is 0 Å². The van der Waals surface area contributed by atoms with Crippen LogP contribution in [-0.2, 0) is 14.3 Å². The minimum atomic E-state index is -0.272. The average molecular weight is 173 g/mol. The van der Waals surface area contributed by atoms with Crippen LogP contribution in [0.5, 0.6) is 0 Å². The molecular formula is C8H15NO3. The maximum Gasteiger partial charge on any atom is 0.305 e. The van der Waals surface area contributed by atoms with Gasteiger partial charge in [-0.1, -0.05) is 6.92 Å². The monoisotopic (exact) mass is 173 g/mol. The Labute approximate surface area is 72.3 Å². The van der Waals surface area contributed by atoms with E-state index in [1.54, 1.807) is 14.0 Å². The molecule has 0 spiro atoms. The molecule has 0 radical (unpaired) electrons. The van der Waals surface area contributed by atoms with Crippen LogP contribution >= 0.6 is 0 Å². The van der Waals surface area contributed by atoms with E-state index in [0.717, 1.165) is 0 Å². The molecule has 0 aliphatic carbocycles. The Hall–Kier alpha value is -1.06. The number of carbonyl (C=O) groups is 2. The zero-order valence-electron chi connectivity index (χ0n) is 7.72. The molecule has 0 aliphatic heterocycles. The highest BCUT2D eigenvalue weighted by Crippen LogP contribution is 2.05. The standard InChI is InChI=1S/C8H15NO3/c1-6(8(11)9-2)4-5-7(10)12-3/h6H,4-5H2,1-3H3,(H,9,11). The lowest BCUT2D eigenvalue weighted by atomic mass is 10.1. The summed E-state index contributed by atoms with van der Waals surface area (Å²) in [6.45, 7) is 1.78. The van der Waals surface area contributed by atoms with Gasteiger partial charge in [0.25, 0.3) is 0 Å². The van der Waals surface area contributed by atoms with Crippen LogP contribution in [-0.4, -0.2) is 26.0 Å². The van der Waals surface area contributed by atoms with E-state index < -0.39 is 0 Å². The van der Waals surface area contributed by atoms with Crippen LogP contribution < -0.4 is 5.32 Å². The number of hydrogen-bond donors (Lipinski definition) is 1. The summed E-state index contributed by atoms with van der Waals surface area (Å²) in [6.07, 6.45) is 0.831. The zero-order valence-corrected chi connectivity index (χ0v) is 7.72. The average Bonchev–Trinajstić information content (AvgIpc) is 2.11. The van der Waals surface area contributed by atoms with Crippen molar-refractivity contribution in [1.82, 2.24) is 5.32 Å². The first-order valence-electron chi connectivity index (χ1n) is 3.90. The van der Waals surface area contributed by atoms with Gasteiger partial charge in [-0.2, -0.15) is 0 Å². The van der Waals surface area contributed by atoms with Gasteiger partial charge in [0.2, 0.25) is 5.91 Å². The van der Waals surface area contributed by atoms with Crippen molar-refractivity contribution in [2.75, 3.05) is 14.2 Å². The fourth-order valence-electron chi connectivity index (χ4n) is 0.814. The van der Waals surface area contributed by atoms with Gasteiger partial charge in [0.1, 0.15) is 0 Å². The van der Waals surface area contributed by atoms with Crippen LogP contribution in [0.3, 0.4) is 0 Å². The Bertz CT molecular complexity index is 168. The van der Waals surface area contributed by atoms with Crippen molar-refractivity contribution in [3.63, 3.8) is 0 Å². The molecule has 0 bridgehead atoms. The highest BCUT2D eigenvalue weighted by Gasteiger charge is 2.12. The molecule has 0 rings (SSSR count). The van der Waals surface area contributed by atoms with Crippen LogP contribution in [0.2, 0.25) is 0 Å². The fourth-order valence-corrected chi connectivity index (χ4v) is 0.814. The highest BCUT2D eigenvalue weighted by molar-refractivity contribution is 5.78. The Morgan fingerprint density at radius 2 is 2.08 bits per heavy atom. The van der Waals surface area contributed by atoms with Crippen LogP contribution in [0.15, 0.2) is 0 Å². The summed E-state index contributed by atoms with van der Waals surface area (Å²) < 4.78 is 4.44. The number of hydrogen-bond acceptors (Lipinski definition) is 3. The number of amides is 1. The number of nitrogens with one attached hydrogen (secondary N) is 1. The van der Waals surface area contributed by atoms with E-state index in [1.165, 1.54) is 7.11 Å². The van der Waals surface area contributed by atoms with Crippen LogP contribution in [0, 0.1) is 5.92 Å². The molecule has 0 aromatic carbocycles. The highest BCUT2D eigenvalue weighted by atomic mass is 16.5. The first-order chi connectivity index (χ1) is 5.61. The van der Waals surface area contributed by atoms with Gasteiger partial charge in [-0.25, -0.2) is 0 Å². The lowest BCUT2D eigenvalue weighted by Crippen LogP contribution is -2.25. The third kappa shape index (κ3) is 3.95. The Balaban J connectivity index is 3.63. The molecule has 0 fully saturated rings. The third-order valence-corrected chi connectivity index (χ3v) is 1.70. The van der Waals surface area contributed by atoms with Crippen LogP contribution in [0.1, 0.15) is 19.8 Å². The molecule has 4 nitrogen and oxygen atoms in total. The van der Waals surface area contributed by atoms with Gasteiger partial charge in [0.05, 0.1) is 7.11 Å². The molecule has 4 heteroatoms. The number of rotatable bonds is 4. The van der Waals surface area contributed by atoms with Crippen LogP contribution in [0.25, 0.3) is 0 Å². The summed E-state index contributed by atoms with van der Waals surface area (Å²) in [6, 6.07) is 0. The minimum absolute atomic E-state index is 0.0427. The fraction of sp³-hybridized carbons (Fsp3) is 0.750. The largest absolute Gasteiger partial charge is 0.469 e. The van der Waals surface area contributed by atoms with E-state index in [0.29, 0.717) is 12.8 Å². The second-order valence-electron chi connectivity index (χ2n) is 2.63. The first kappa shape index (κ1) is 10.9. The molecule has 0 aromatic rings. The smallest absolute Gasteiger partial charge is 0.305 e. The summed E-state index contributed by atoms with van der Waals surface area (Å²) in [4.78, 5) is 21.6. The van der Waals surface area contributed by atoms with E-state index in [4.69, 9.17) is 0 Å².